The molecule has 118 valence electrons. The molecule has 3 amide bonds. The fraction of sp³-hybridized carbons (Fsp3) is 0.529. The van der Waals surface area contributed by atoms with E-state index in [1.165, 1.54) is 5.56 Å². The smallest absolute Gasteiger partial charge is 0.317 e. The van der Waals surface area contributed by atoms with Gasteiger partial charge < -0.3 is 15.5 Å². The van der Waals surface area contributed by atoms with Crippen LogP contribution in [-0.4, -0.2) is 43.0 Å². The Morgan fingerprint density at radius 1 is 1.23 bits per heavy atom. The maximum Gasteiger partial charge on any atom is 0.317 e. The molecule has 0 aliphatic carbocycles. The first-order valence-corrected chi connectivity index (χ1v) is 8.00. The Balaban J connectivity index is 1.41. The summed E-state index contributed by atoms with van der Waals surface area (Å²) in [6.45, 7) is 2.91. The lowest BCUT2D eigenvalue weighted by atomic mass is 9.78. The van der Waals surface area contributed by atoms with E-state index >= 15 is 0 Å². The van der Waals surface area contributed by atoms with E-state index < -0.39 is 0 Å². The molecule has 0 atom stereocenters. The predicted molar refractivity (Wildman–Crippen MR) is 84.4 cm³/mol. The van der Waals surface area contributed by atoms with E-state index in [-0.39, 0.29) is 17.4 Å². The molecular formula is C17H23N3O2. The standard InChI is InChI=1S/C17H23N3O2/c21-15-12-17(13-19-15)7-10-20(11-8-17)16(22)18-9-6-14-4-2-1-3-5-14/h1-5H,6-13H2,(H,18,22)(H,19,21). The first-order chi connectivity index (χ1) is 10.7. The van der Waals surface area contributed by atoms with Gasteiger partial charge in [0.1, 0.15) is 0 Å². The number of hydrogen-bond acceptors (Lipinski definition) is 2. The van der Waals surface area contributed by atoms with Crippen molar-refractivity contribution < 1.29 is 9.59 Å². The molecule has 2 saturated heterocycles. The van der Waals surface area contributed by atoms with Gasteiger partial charge in [0.2, 0.25) is 5.91 Å². The molecule has 2 aliphatic rings. The van der Waals surface area contributed by atoms with Gasteiger partial charge in [-0.15, -0.1) is 0 Å². The van der Waals surface area contributed by atoms with Crippen LogP contribution in [-0.2, 0) is 11.2 Å². The van der Waals surface area contributed by atoms with Crippen LogP contribution in [0.15, 0.2) is 30.3 Å². The van der Waals surface area contributed by atoms with E-state index in [2.05, 4.69) is 22.8 Å². The lowest BCUT2D eigenvalue weighted by Crippen LogP contribution is -2.48. The number of nitrogens with one attached hydrogen (secondary N) is 2. The number of benzene rings is 1. The second kappa shape index (κ2) is 6.38. The van der Waals surface area contributed by atoms with E-state index in [9.17, 15) is 9.59 Å². The molecule has 0 radical (unpaired) electrons. The maximum atomic E-state index is 12.2. The van der Waals surface area contributed by atoms with Crippen molar-refractivity contribution in [3.05, 3.63) is 35.9 Å². The van der Waals surface area contributed by atoms with Crippen molar-refractivity contribution in [1.82, 2.24) is 15.5 Å². The summed E-state index contributed by atoms with van der Waals surface area (Å²) in [5, 5.41) is 5.91. The van der Waals surface area contributed by atoms with Crippen LogP contribution in [0.4, 0.5) is 4.79 Å². The third-order valence-electron chi connectivity index (χ3n) is 4.84. The number of nitrogens with zero attached hydrogens (tertiary/aromatic N) is 1. The molecule has 0 bridgehead atoms. The van der Waals surface area contributed by atoms with Crippen molar-refractivity contribution in [2.75, 3.05) is 26.2 Å². The van der Waals surface area contributed by atoms with Crippen LogP contribution in [0.25, 0.3) is 0 Å². The zero-order chi connectivity index (χ0) is 15.4. The van der Waals surface area contributed by atoms with Crippen molar-refractivity contribution in [3.63, 3.8) is 0 Å². The second-order valence-corrected chi connectivity index (χ2v) is 6.41. The Morgan fingerprint density at radius 2 is 1.95 bits per heavy atom. The molecule has 0 aromatic heterocycles. The van der Waals surface area contributed by atoms with Crippen LogP contribution in [0.1, 0.15) is 24.8 Å². The SMILES string of the molecule is O=C1CC2(CCN(C(=O)NCCc3ccccc3)CC2)CN1. The van der Waals surface area contributed by atoms with Crippen molar-refractivity contribution in [2.45, 2.75) is 25.7 Å². The largest absolute Gasteiger partial charge is 0.356 e. The summed E-state index contributed by atoms with van der Waals surface area (Å²) in [6, 6.07) is 10.2. The van der Waals surface area contributed by atoms with Crippen molar-refractivity contribution in [3.8, 4) is 0 Å². The summed E-state index contributed by atoms with van der Waals surface area (Å²) < 4.78 is 0. The zero-order valence-corrected chi connectivity index (χ0v) is 12.8. The lowest BCUT2D eigenvalue weighted by molar-refractivity contribution is -0.119. The van der Waals surface area contributed by atoms with Crippen LogP contribution in [0.5, 0.6) is 0 Å². The zero-order valence-electron chi connectivity index (χ0n) is 12.8. The molecule has 3 rings (SSSR count). The van der Waals surface area contributed by atoms with Gasteiger partial charge >= 0.3 is 6.03 Å². The monoisotopic (exact) mass is 301 g/mol. The highest BCUT2D eigenvalue weighted by Crippen LogP contribution is 2.37. The first-order valence-electron chi connectivity index (χ1n) is 8.00. The summed E-state index contributed by atoms with van der Waals surface area (Å²) in [5.74, 6) is 0.153. The van der Waals surface area contributed by atoms with Gasteiger partial charge in [-0.3, -0.25) is 4.79 Å². The van der Waals surface area contributed by atoms with Gasteiger partial charge in [0.25, 0.3) is 0 Å². The average Bonchev–Trinajstić information content (AvgIpc) is 2.89. The van der Waals surface area contributed by atoms with E-state index in [4.69, 9.17) is 0 Å². The molecule has 1 aromatic carbocycles. The highest BCUT2D eigenvalue weighted by Gasteiger charge is 2.41. The quantitative estimate of drug-likeness (QED) is 0.889. The Labute approximate surface area is 131 Å². The number of amides is 3. The minimum Gasteiger partial charge on any atom is -0.356 e. The summed E-state index contributed by atoms with van der Waals surface area (Å²) in [5.41, 5.74) is 1.33. The molecule has 0 saturated carbocycles. The molecule has 2 fully saturated rings. The van der Waals surface area contributed by atoms with Gasteiger partial charge in [0, 0.05) is 32.6 Å². The Kier molecular flexibility index (Phi) is 4.32. The molecule has 1 aromatic rings. The molecular weight excluding hydrogens is 278 g/mol. The fourth-order valence-electron chi connectivity index (χ4n) is 3.36. The number of urea groups is 1. The topological polar surface area (TPSA) is 61.4 Å². The first kappa shape index (κ1) is 14.9. The Bertz CT molecular complexity index is 536. The normalized spacial score (nSPS) is 20.0. The number of hydrogen-bond donors (Lipinski definition) is 2. The molecule has 22 heavy (non-hydrogen) atoms. The Morgan fingerprint density at radius 3 is 2.59 bits per heavy atom. The van der Waals surface area contributed by atoms with Crippen LogP contribution >= 0.6 is 0 Å². The molecule has 2 aliphatic heterocycles. The van der Waals surface area contributed by atoms with Gasteiger partial charge in [0.05, 0.1) is 0 Å². The summed E-state index contributed by atoms with van der Waals surface area (Å²) in [6.07, 6.45) is 3.30. The van der Waals surface area contributed by atoms with Crippen LogP contribution in [0.3, 0.4) is 0 Å². The summed E-state index contributed by atoms with van der Waals surface area (Å²) >= 11 is 0. The van der Waals surface area contributed by atoms with Gasteiger partial charge in [-0.05, 0) is 30.2 Å². The number of likely N-dealkylation sites (tertiary alicyclic amines) is 1. The number of rotatable bonds is 3. The average molecular weight is 301 g/mol. The minimum atomic E-state index is 0.0167. The van der Waals surface area contributed by atoms with E-state index in [1.54, 1.807) is 0 Å². The third kappa shape index (κ3) is 3.40. The second-order valence-electron chi connectivity index (χ2n) is 6.41. The molecule has 2 N–H and O–H groups in total. The molecule has 1 spiro atoms. The van der Waals surface area contributed by atoms with E-state index in [0.717, 1.165) is 38.9 Å². The van der Waals surface area contributed by atoms with Crippen molar-refractivity contribution in [1.29, 1.82) is 0 Å². The highest BCUT2D eigenvalue weighted by atomic mass is 16.2. The van der Waals surface area contributed by atoms with Crippen LogP contribution in [0, 0.1) is 5.41 Å². The van der Waals surface area contributed by atoms with Gasteiger partial charge in [-0.1, -0.05) is 30.3 Å². The lowest BCUT2D eigenvalue weighted by Gasteiger charge is -2.38. The van der Waals surface area contributed by atoms with Crippen molar-refractivity contribution >= 4 is 11.9 Å². The maximum absolute atomic E-state index is 12.2. The van der Waals surface area contributed by atoms with Gasteiger partial charge in [-0.2, -0.15) is 0 Å². The minimum absolute atomic E-state index is 0.0167. The number of piperidine rings is 1. The van der Waals surface area contributed by atoms with Crippen LogP contribution in [0.2, 0.25) is 0 Å². The highest BCUT2D eigenvalue weighted by molar-refractivity contribution is 5.79. The fourth-order valence-corrected chi connectivity index (χ4v) is 3.36. The summed E-state index contributed by atoms with van der Waals surface area (Å²) in [7, 11) is 0. The van der Waals surface area contributed by atoms with E-state index in [0.29, 0.717) is 13.0 Å². The van der Waals surface area contributed by atoms with Crippen molar-refractivity contribution in [2.24, 2.45) is 5.41 Å². The van der Waals surface area contributed by atoms with Gasteiger partial charge in [-0.25, -0.2) is 4.79 Å². The van der Waals surface area contributed by atoms with Crippen LogP contribution < -0.4 is 10.6 Å². The summed E-state index contributed by atoms with van der Waals surface area (Å²) in [4.78, 5) is 25.5. The van der Waals surface area contributed by atoms with E-state index in [1.807, 2.05) is 23.1 Å². The molecule has 0 unspecified atom stereocenters. The third-order valence-corrected chi connectivity index (χ3v) is 4.84. The molecule has 5 heteroatoms. The Hall–Kier alpha value is -2.04. The molecule has 2 heterocycles. The number of carbonyl (C=O) groups is 2. The predicted octanol–water partition coefficient (Wildman–Crippen LogP) is 1.54. The number of carbonyl (C=O) groups excluding carboxylic acids is 2. The molecule has 5 nitrogen and oxygen atoms in total. The van der Waals surface area contributed by atoms with Gasteiger partial charge in [0.15, 0.2) is 0 Å².